The van der Waals surface area contributed by atoms with Gasteiger partial charge in [0.1, 0.15) is 0 Å². The summed E-state index contributed by atoms with van der Waals surface area (Å²) in [5.74, 6) is -0.257. The van der Waals surface area contributed by atoms with Crippen molar-refractivity contribution in [1.82, 2.24) is 20.2 Å². The van der Waals surface area contributed by atoms with Crippen LogP contribution in [-0.4, -0.2) is 36.8 Å². The molecule has 0 spiro atoms. The molecule has 0 amide bonds. The Hall–Kier alpha value is -1.66. The summed E-state index contributed by atoms with van der Waals surface area (Å²) in [5.41, 5.74) is -0.381. The minimum absolute atomic E-state index is 0.111. The summed E-state index contributed by atoms with van der Waals surface area (Å²) in [4.78, 5) is 10.9. The van der Waals surface area contributed by atoms with Crippen LogP contribution in [0.1, 0.15) is 32.1 Å². The number of aryl methyl sites for hydroxylation is 1. The number of hydrogen-bond donors (Lipinski definition) is 2. The van der Waals surface area contributed by atoms with Gasteiger partial charge in [0, 0.05) is 7.05 Å². The molecular weight excluding hydrogens is 210 g/mol. The molecule has 2 rings (SSSR count). The number of carboxylic acid groups (broad SMARTS) is 1. The molecule has 16 heavy (non-hydrogen) atoms. The van der Waals surface area contributed by atoms with Crippen molar-refractivity contribution in [1.29, 1.82) is 0 Å². The summed E-state index contributed by atoms with van der Waals surface area (Å²) in [6.45, 7) is 0. The van der Waals surface area contributed by atoms with Crippen LogP contribution in [-0.2, 0) is 11.8 Å². The number of carbonyl (C=O) groups is 1. The Morgan fingerprint density at radius 2 is 2.25 bits per heavy atom. The number of anilines is 1. The molecule has 1 saturated carbocycles. The summed E-state index contributed by atoms with van der Waals surface area (Å²) in [7, 11) is 1.73. The lowest BCUT2D eigenvalue weighted by molar-refractivity contribution is -0.138. The quantitative estimate of drug-likeness (QED) is 0.771. The van der Waals surface area contributed by atoms with E-state index in [1.807, 2.05) is 0 Å². The lowest BCUT2D eigenvalue weighted by Gasteiger charge is -2.28. The summed E-state index contributed by atoms with van der Waals surface area (Å²) in [6, 6.07) is 0. The number of aromatic nitrogens is 4. The molecule has 1 aromatic heterocycles. The summed E-state index contributed by atoms with van der Waals surface area (Å²) >= 11 is 0. The molecule has 2 N–H and O–H groups in total. The first-order chi connectivity index (χ1) is 7.61. The van der Waals surface area contributed by atoms with Gasteiger partial charge in [-0.25, -0.2) is 4.68 Å². The number of carboxylic acids is 1. The van der Waals surface area contributed by atoms with Gasteiger partial charge in [-0.3, -0.25) is 4.79 Å². The van der Waals surface area contributed by atoms with Crippen LogP contribution < -0.4 is 5.32 Å². The average molecular weight is 225 g/mol. The van der Waals surface area contributed by atoms with E-state index in [2.05, 4.69) is 20.8 Å². The Morgan fingerprint density at radius 3 is 2.75 bits per heavy atom. The molecular formula is C9H15N5O2. The molecule has 1 aliphatic rings. The molecule has 0 aromatic carbocycles. The van der Waals surface area contributed by atoms with Gasteiger partial charge in [-0.15, -0.1) is 0 Å². The smallest absolute Gasteiger partial charge is 0.305 e. The normalized spacial score (nSPS) is 18.6. The van der Waals surface area contributed by atoms with Gasteiger partial charge in [0.05, 0.1) is 12.0 Å². The maximum Gasteiger partial charge on any atom is 0.305 e. The first-order valence-corrected chi connectivity index (χ1v) is 5.34. The molecule has 7 nitrogen and oxygen atoms in total. The molecule has 0 radical (unpaired) electrons. The first-order valence-electron chi connectivity index (χ1n) is 5.34. The second-order valence-electron chi connectivity index (χ2n) is 4.31. The monoisotopic (exact) mass is 225 g/mol. The van der Waals surface area contributed by atoms with Crippen molar-refractivity contribution < 1.29 is 9.90 Å². The third kappa shape index (κ3) is 2.12. The predicted molar refractivity (Wildman–Crippen MR) is 55.9 cm³/mol. The molecule has 0 atom stereocenters. The first kappa shape index (κ1) is 10.8. The fourth-order valence-electron chi connectivity index (χ4n) is 2.26. The van der Waals surface area contributed by atoms with Gasteiger partial charge < -0.3 is 10.4 Å². The van der Waals surface area contributed by atoms with Crippen molar-refractivity contribution >= 4 is 11.9 Å². The van der Waals surface area contributed by atoms with Gasteiger partial charge in [-0.2, -0.15) is 0 Å². The van der Waals surface area contributed by atoms with E-state index in [0.29, 0.717) is 5.95 Å². The summed E-state index contributed by atoms with van der Waals surface area (Å²) in [6.07, 6.45) is 3.91. The highest BCUT2D eigenvalue weighted by atomic mass is 16.4. The molecule has 0 saturated heterocycles. The standard InChI is InChI=1S/C9H15N5O2/c1-14-8(11-12-13-14)10-9(6-7(15)16)4-2-3-5-9/h2-6H2,1H3,(H,15,16)(H,10,11,13). The van der Waals surface area contributed by atoms with Crippen LogP contribution in [0.25, 0.3) is 0 Å². The van der Waals surface area contributed by atoms with Gasteiger partial charge in [-0.05, 0) is 23.3 Å². The average Bonchev–Trinajstić information content (AvgIpc) is 2.77. The number of nitrogens with one attached hydrogen (secondary N) is 1. The Bertz CT molecular complexity index is 383. The van der Waals surface area contributed by atoms with E-state index in [0.717, 1.165) is 25.7 Å². The lowest BCUT2D eigenvalue weighted by Crippen LogP contribution is -2.38. The second-order valence-corrected chi connectivity index (χ2v) is 4.31. The topological polar surface area (TPSA) is 92.9 Å². The third-order valence-electron chi connectivity index (χ3n) is 3.05. The minimum atomic E-state index is -0.787. The lowest BCUT2D eigenvalue weighted by atomic mass is 9.93. The third-order valence-corrected chi connectivity index (χ3v) is 3.05. The second kappa shape index (κ2) is 4.07. The van der Waals surface area contributed by atoms with E-state index < -0.39 is 5.97 Å². The van der Waals surface area contributed by atoms with E-state index in [4.69, 9.17) is 5.11 Å². The predicted octanol–water partition coefficient (Wildman–Crippen LogP) is 0.409. The fourth-order valence-corrected chi connectivity index (χ4v) is 2.26. The van der Waals surface area contributed by atoms with Crippen LogP contribution in [0.3, 0.4) is 0 Å². The van der Waals surface area contributed by atoms with Crippen molar-refractivity contribution in [3.63, 3.8) is 0 Å². The highest BCUT2D eigenvalue weighted by Crippen LogP contribution is 2.35. The molecule has 1 aromatic rings. The van der Waals surface area contributed by atoms with Gasteiger partial charge in [0.25, 0.3) is 0 Å². The fraction of sp³-hybridized carbons (Fsp3) is 0.778. The van der Waals surface area contributed by atoms with Gasteiger partial charge in [0.15, 0.2) is 0 Å². The zero-order valence-electron chi connectivity index (χ0n) is 9.18. The number of hydrogen-bond acceptors (Lipinski definition) is 5. The van der Waals surface area contributed by atoms with Crippen LogP contribution in [0.5, 0.6) is 0 Å². The maximum absolute atomic E-state index is 10.9. The van der Waals surface area contributed by atoms with Crippen molar-refractivity contribution in [2.45, 2.75) is 37.6 Å². The highest BCUT2D eigenvalue weighted by Gasteiger charge is 2.37. The number of aliphatic carboxylic acids is 1. The van der Waals surface area contributed by atoms with E-state index in [1.54, 1.807) is 7.05 Å². The number of nitrogens with zero attached hydrogens (tertiary/aromatic N) is 4. The van der Waals surface area contributed by atoms with E-state index in [9.17, 15) is 4.79 Å². The zero-order chi connectivity index (χ0) is 11.6. The largest absolute Gasteiger partial charge is 0.481 e. The summed E-state index contributed by atoms with van der Waals surface area (Å²) < 4.78 is 1.52. The van der Waals surface area contributed by atoms with Crippen molar-refractivity contribution in [2.75, 3.05) is 5.32 Å². The number of tetrazole rings is 1. The molecule has 7 heteroatoms. The van der Waals surface area contributed by atoms with E-state index >= 15 is 0 Å². The molecule has 0 bridgehead atoms. The highest BCUT2D eigenvalue weighted by molar-refractivity contribution is 5.69. The summed E-state index contributed by atoms with van der Waals surface area (Å²) in [5, 5.41) is 23.2. The Kier molecular flexibility index (Phi) is 2.76. The minimum Gasteiger partial charge on any atom is -0.481 e. The van der Waals surface area contributed by atoms with Crippen molar-refractivity contribution in [3.8, 4) is 0 Å². The number of rotatable bonds is 4. The Balaban J connectivity index is 2.14. The zero-order valence-corrected chi connectivity index (χ0v) is 9.18. The van der Waals surface area contributed by atoms with Gasteiger partial charge in [-0.1, -0.05) is 17.9 Å². The van der Waals surface area contributed by atoms with Crippen molar-refractivity contribution in [3.05, 3.63) is 0 Å². The van der Waals surface area contributed by atoms with Gasteiger partial charge in [0.2, 0.25) is 5.95 Å². The molecule has 0 unspecified atom stereocenters. The molecule has 88 valence electrons. The van der Waals surface area contributed by atoms with Crippen LogP contribution in [0.4, 0.5) is 5.95 Å². The SMILES string of the molecule is Cn1nnnc1NC1(CC(=O)O)CCCC1. The Morgan fingerprint density at radius 1 is 1.56 bits per heavy atom. The molecule has 1 heterocycles. The molecule has 1 aliphatic carbocycles. The Labute approximate surface area is 92.8 Å². The van der Waals surface area contributed by atoms with Crippen LogP contribution in [0, 0.1) is 0 Å². The van der Waals surface area contributed by atoms with Gasteiger partial charge >= 0.3 is 5.97 Å². The molecule has 0 aliphatic heterocycles. The van der Waals surface area contributed by atoms with Crippen molar-refractivity contribution in [2.24, 2.45) is 7.05 Å². The maximum atomic E-state index is 10.9. The molecule has 1 fully saturated rings. The van der Waals surface area contributed by atoms with Crippen LogP contribution in [0.2, 0.25) is 0 Å². The van der Waals surface area contributed by atoms with Crippen LogP contribution >= 0.6 is 0 Å². The van der Waals surface area contributed by atoms with E-state index in [1.165, 1.54) is 4.68 Å². The van der Waals surface area contributed by atoms with E-state index in [-0.39, 0.29) is 12.0 Å². The van der Waals surface area contributed by atoms with Crippen LogP contribution in [0.15, 0.2) is 0 Å².